The Morgan fingerprint density at radius 1 is 0.800 bits per heavy atom. The number of aromatic hydroxyl groups is 1. The number of nitro groups is 1. The molecule has 0 aliphatic carbocycles. The second kappa shape index (κ2) is 16.3. The lowest BCUT2D eigenvalue weighted by atomic mass is 10.0. The van der Waals surface area contributed by atoms with Gasteiger partial charge in [0.05, 0.1) is 11.3 Å². The number of hydrogen-bond donors (Lipinski definition) is 7. The van der Waals surface area contributed by atoms with Gasteiger partial charge in [0.15, 0.2) is 0 Å². The molecule has 0 spiro atoms. The van der Waals surface area contributed by atoms with Crippen LogP contribution in [0.2, 0.25) is 0 Å². The van der Waals surface area contributed by atoms with E-state index in [-0.39, 0.29) is 23.5 Å². The third kappa shape index (κ3) is 11.6. The molecular weight excluding hydrogens is 590 g/mol. The van der Waals surface area contributed by atoms with Crippen LogP contribution >= 0.6 is 0 Å². The summed E-state index contributed by atoms with van der Waals surface area (Å²) in [4.78, 5) is 85.7. The minimum Gasteiger partial charge on any atom is -0.508 e. The number of nitrogens with two attached hydrogens (primary N) is 1. The van der Waals surface area contributed by atoms with E-state index < -0.39 is 76.9 Å². The summed E-state index contributed by atoms with van der Waals surface area (Å²) in [6, 6.07) is 6.03. The van der Waals surface area contributed by atoms with Crippen molar-refractivity contribution in [3.05, 3.63) is 64.2 Å². The number of nitrogens with zero attached hydrogens (tertiary/aromatic N) is 1. The van der Waals surface area contributed by atoms with Crippen LogP contribution < -0.4 is 32.3 Å². The third-order valence-electron chi connectivity index (χ3n) is 6.45. The summed E-state index contributed by atoms with van der Waals surface area (Å²) in [5.41, 5.74) is 5.84. The highest BCUT2D eigenvalue weighted by molar-refractivity contribution is 6.01. The quantitative estimate of drug-likeness (QED) is 0.103. The number of non-ortho nitro benzene ring substituents is 1. The summed E-state index contributed by atoms with van der Waals surface area (Å²) in [6.45, 7) is 5.89. The predicted molar refractivity (Wildman–Crippen MR) is 161 cm³/mol. The smallest absolute Gasteiger partial charge is 0.269 e. The second-order valence-electron chi connectivity index (χ2n) is 10.6. The van der Waals surface area contributed by atoms with Crippen molar-refractivity contribution in [1.82, 2.24) is 21.3 Å². The minimum absolute atomic E-state index is 0.0278. The molecule has 2 aromatic carbocycles. The number of carbonyl (C=O) groups excluding carboxylic acids is 6. The van der Waals surface area contributed by atoms with Gasteiger partial charge in [-0.2, -0.15) is 0 Å². The molecule has 45 heavy (non-hydrogen) atoms. The molecule has 2 rings (SSSR count). The number of primary amides is 1. The summed E-state index contributed by atoms with van der Waals surface area (Å²) in [5, 5.41) is 32.8. The molecule has 16 nitrogen and oxygen atoms in total. The second-order valence-corrected chi connectivity index (χ2v) is 10.6. The van der Waals surface area contributed by atoms with E-state index in [1.807, 2.05) is 0 Å². The maximum absolute atomic E-state index is 13.2. The Morgan fingerprint density at radius 2 is 1.40 bits per heavy atom. The van der Waals surface area contributed by atoms with Gasteiger partial charge in [-0.05, 0) is 42.7 Å². The van der Waals surface area contributed by atoms with Crippen LogP contribution in [0.15, 0.2) is 48.5 Å². The number of benzene rings is 2. The van der Waals surface area contributed by atoms with Crippen LogP contribution in [-0.2, 0) is 35.2 Å². The average molecular weight is 628 g/mol. The van der Waals surface area contributed by atoms with Crippen LogP contribution in [0, 0.1) is 16.0 Å². The number of hydrogen-bond acceptors (Lipinski definition) is 9. The Labute approximate surface area is 258 Å². The fourth-order valence-corrected chi connectivity index (χ4v) is 4.08. The monoisotopic (exact) mass is 627 g/mol. The maximum Gasteiger partial charge on any atom is 0.269 e. The van der Waals surface area contributed by atoms with Crippen molar-refractivity contribution in [2.75, 3.05) is 5.32 Å². The van der Waals surface area contributed by atoms with Crippen LogP contribution in [0.25, 0.3) is 0 Å². The number of nitrogens with one attached hydrogen (secondary N) is 5. The first-order valence-electron chi connectivity index (χ1n) is 13.9. The summed E-state index contributed by atoms with van der Waals surface area (Å²) >= 11 is 0. The molecule has 0 radical (unpaired) electrons. The summed E-state index contributed by atoms with van der Waals surface area (Å²) in [6.07, 6.45) is -0.512. The molecule has 2 aromatic rings. The van der Waals surface area contributed by atoms with Crippen molar-refractivity contribution in [3.63, 3.8) is 0 Å². The van der Waals surface area contributed by atoms with E-state index in [1.54, 1.807) is 26.0 Å². The lowest BCUT2D eigenvalue weighted by Gasteiger charge is -2.27. The third-order valence-corrected chi connectivity index (χ3v) is 6.45. The van der Waals surface area contributed by atoms with Gasteiger partial charge in [-0.1, -0.05) is 26.0 Å². The molecule has 0 bridgehead atoms. The largest absolute Gasteiger partial charge is 0.508 e. The van der Waals surface area contributed by atoms with Gasteiger partial charge >= 0.3 is 0 Å². The van der Waals surface area contributed by atoms with E-state index in [9.17, 15) is 44.0 Å². The Kier molecular flexibility index (Phi) is 13.0. The average Bonchev–Trinajstić information content (AvgIpc) is 2.95. The van der Waals surface area contributed by atoms with E-state index in [2.05, 4.69) is 26.6 Å². The SMILES string of the molecule is CC(=O)N[C@@H](Cc1ccc(O)cc1)C(=O)N[C@H](C(=O)N[C@@H](C)C(=O)N[C@@H](CC(N)=O)C(=O)Nc1ccc([N+](=O)[O-])cc1)C(C)C. The van der Waals surface area contributed by atoms with Crippen molar-refractivity contribution >= 4 is 46.8 Å². The molecule has 0 aliphatic heterocycles. The molecule has 242 valence electrons. The highest BCUT2D eigenvalue weighted by Crippen LogP contribution is 2.16. The van der Waals surface area contributed by atoms with Gasteiger partial charge in [-0.25, -0.2) is 0 Å². The van der Waals surface area contributed by atoms with E-state index in [0.717, 1.165) is 12.1 Å². The first-order valence-corrected chi connectivity index (χ1v) is 13.9. The number of phenolic OH excluding ortho intramolecular Hbond substituents is 1. The van der Waals surface area contributed by atoms with Crippen molar-refractivity contribution in [2.24, 2.45) is 11.7 Å². The Morgan fingerprint density at radius 3 is 1.91 bits per heavy atom. The van der Waals surface area contributed by atoms with Gasteiger partial charge in [0.1, 0.15) is 29.9 Å². The normalized spacial score (nSPS) is 13.4. The highest BCUT2D eigenvalue weighted by Gasteiger charge is 2.31. The van der Waals surface area contributed by atoms with E-state index >= 15 is 0 Å². The number of anilines is 1. The van der Waals surface area contributed by atoms with E-state index in [4.69, 9.17) is 5.73 Å². The van der Waals surface area contributed by atoms with E-state index in [1.165, 1.54) is 38.1 Å². The van der Waals surface area contributed by atoms with Crippen LogP contribution in [0.1, 0.15) is 39.7 Å². The Bertz CT molecular complexity index is 1410. The molecule has 0 aliphatic rings. The molecule has 0 aromatic heterocycles. The van der Waals surface area contributed by atoms with Gasteiger partial charge in [-0.15, -0.1) is 0 Å². The van der Waals surface area contributed by atoms with Gasteiger partial charge in [0.2, 0.25) is 35.4 Å². The van der Waals surface area contributed by atoms with Crippen LogP contribution in [0.5, 0.6) is 5.75 Å². The first kappa shape index (κ1) is 35.7. The zero-order chi connectivity index (χ0) is 33.8. The molecular formula is C29H37N7O9. The van der Waals surface area contributed by atoms with Crippen molar-refractivity contribution in [1.29, 1.82) is 0 Å². The van der Waals surface area contributed by atoms with Crippen molar-refractivity contribution in [3.8, 4) is 5.75 Å². The fraction of sp³-hybridized carbons (Fsp3) is 0.379. The standard InChI is InChI=1S/C29H37N7O9/c1-15(2)25(35-28(42)22(32-17(4)37)13-18-5-11-21(38)12-6-18)29(43)31-16(3)26(40)34-23(14-24(30)39)27(41)33-19-7-9-20(10-8-19)36(44)45/h5-12,15-16,22-23,25,38H,13-14H2,1-4H3,(H2,30,39)(H,31,43)(H,32,37)(H,33,41)(H,34,40)(H,35,42)/t16-,22-,23-,25-/m0/s1. The molecule has 0 saturated heterocycles. The topological polar surface area (TPSA) is 252 Å². The number of amides is 6. The van der Waals surface area contributed by atoms with E-state index in [0.29, 0.717) is 5.56 Å². The van der Waals surface area contributed by atoms with Gasteiger partial charge < -0.3 is 37.4 Å². The molecule has 0 heterocycles. The molecule has 0 fully saturated rings. The van der Waals surface area contributed by atoms with Crippen molar-refractivity contribution in [2.45, 2.75) is 64.7 Å². The van der Waals surface area contributed by atoms with Crippen LogP contribution in [0.4, 0.5) is 11.4 Å². The van der Waals surface area contributed by atoms with Crippen LogP contribution in [0.3, 0.4) is 0 Å². The number of rotatable bonds is 15. The highest BCUT2D eigenvalue weighted by atomic mass is 16.6. The zero-order valence-corrected chi connectivity index (χ0v) is 25.2. The lowest BCUT2D eigenvalue weighted by Crippen LogP contribution is -2.59. The molecule has 8 N–H and O–H groups in total. The zero-order valence-electron chi connectivity index (χ0n) is 25.2. The molecule has 0 saturated carbocycles. The Balaban J connectivity index is 2.09. The van der Waals surface area contributed by atoms with Crippen molar-refractivity contribution < 1.29 is 38.8 Å². The number of nitro benzene ring substituents is 1. The first-order chi connectivity index (χ1) is 21.1. The molecule has 4 atom stereocenters. The van der Waals surface area contributed by atoms with Gasteiger partial charge in [0.25, 0.3) is 5.69 Å². The van der Waals surface area contributed by atoms with Gasteiger partial charge in [0, 0.05) is 31.2 Å². The molecule has 0 unspecified atom stereocenters. The minimum atomic E-state index is -1.44. The summed E-state index contributed by atoms with van der Waals surface area (Å²) < 4.78 is 0. The molecule has 6 amide bonds. The van der Waals surface area contributed by atoms with Gasteiger partial charge in [-0.3, -0.25) is 38.9 Å². The molecule has 16 heteroatoms. The van der Waals surface area contributed by atoms with Crippen LogP contribution in [-0.4, -0.2) is 69.6 Å². The summed E-state index contributed by atoms with van der Waals surface area (Å²) in [7, 11) is 0. The number of phenols is 1. The summed E-state index contributed by atoms with van der Waals surface area (Å²) in [5.74, 6) is -4.87. The predicted octanol–water partition coefficient (Wildman–Crippen LogP) is -0.00800. The lowest BCUT2D eigenvalue weighted by molar-refractivity contribution is -0.384. The fourth-order valence-electron chi connectivity index (χ4n) is 4.08. The number of carbonyl (C=O) groups is 6. The maximum atomic E-state index is 13.2. The Hall–Kier alpha value is -5.54.